The first-order valence-electron chi connectivity index (χ1n) is 6.19. The molecular weight excluding hydrogens is 210 g/mol. The molecule has 2 nitrogen and oxygen atoms in total. The van der Waals surface area contributed by atoms with Crippen LogP contribution in [-0.4, -0.2) is 13.2 Å². The molecule has 0 amide bonds. The summed E-state index contributed by atoms with van der Waals surface area (Å²) in [5.41, 5.74) is 6.94. The first-order chi connectivity index (χ1) is 8.35. The fourth-order valence-electron chi connectivity index (χ4n) is 2.00. The molecule has 0 aliphatic heterocycles. The third kappa shape index (κ3) is 2.77. The van der Waals surface area contributed by atoms with E-state index in [4.69, 9.17) is 10.5 Å². The Bertz CT molecular complexity index is 493. The minimum absolute atomic E-state index is 0.680. The normalized spacial score (nSPS) is 10.7. The lowest BCUT2D eigenvalue weighted by molar-refractivity contribution is 0.318. The maximum Gasteiger partial charge on any atom is 0.119 e. The van der Waals surface area contributed by atoms with E-state index in [0.717, 1.165) is 25.2 Å². The van der Waals surface area contributed by atoms with Gasteiger partial charge >= 0.3 is 0 Å². The van der Waals surface area contributed by atoms with E-state index in [1.807, 2.05) is 6.07 Å². The van der Waals surface area contributed by atoms with Gasteiger partial charge in [0, 0.05) is 0 Å². The molecule has 0 atom stereocenters. The van der Waals surface area contributed by atoms with Crippen molar-refractivity contribution < 1.29 is 4.74 Å². The Kier molecular flexibility index (Phi) is 3.99. The van der Waals surface area contributed by atoms with Crippen molar-refractivity contribution in [2.45, 2.75) is 19.8 Å². The van der Waals surface area contributed by atoms with Crippen molar-refractivity contribution in [3.8, 4) is 5.75 Å². The Balaban J connectivity index is 2.38. The van der Waals surface area contributed by atoms with Gasteiger partial charge in [-0.1, -0.05) is 31.2 Å². The Hall–Kier alpha value is -1.54. The third-order valence-corrected chi connectivity index (χ3v) is 2.83. The van der Waals surface area contributed by atoms with Crippen molar-refractivity contribution in [1.82, 2.24) is 0 Å². The number of hydrogen-bond donors (Lipinski definition) is 1. The zero-order chi connectivity index (χ0) is 12.1. The lowest BCUT2D eigenvalue weighted by atomic mass is 10.0. The summed E-state index contributed by atoms with van der Waals surface area (Å²) in [6.45, 7) is 3.56. The van der Waals surface area contributed by atoms with E-state index in [-0.39, 0.29) is 0 Å². The summed E-state index contributed by atoms with van der Waals surface area (Å²) in [5.74, 6) is 0.948. The molecule has 2 N–H and O–H groups in total. The summed E-state index contributed by atoms with van der Waals surface area (Å²) in [7, 11) is 0. The van der Waals surface area contributed by atoms with Crippen LogP contribution in [0.5, 0.6) is 5.75 Å². The van der Waals surface area contributed by atoms with Crippen LogP contribution in [0.2, 0.25) is 0 Å². The van der Waals surface area contributed by atoms with Gasteiger partial charge in [-0.2, -0.15) is 0 Å². The maximum atomic E-state index is 5.67. The molecule has 17 heavy (non-hydrogen) atoms. The van der Waals surface area contributed by atoms with Crippen LogP contribution in [0.4, 0.5) is 0 Å². The van der Waals surface area contributed by atoms with Gasteiger partial charge in [-0.05, 0) is 47.9 Å². The van der Waals surface area contributed by atoms with Gasteiger partial charge < -0.3 is 10.5 Å². The standard InChI is InChI=1S/C15H19NO/c1-2-10-17-14-7-6-12-4-3-5-13(8-9-16)15(12)11-14/h3-7,11H,2,8-10,16H2,1H3. The van der Waals surface area contributed by atoms with Crippen LogP contribution in [-0.2, 0) is 6.42 Å². The number of ether oxygens (including phenoxy) is 1. The smallest absolute Gasteiger partial charge is 0.119 e. The molecule has 0 saturated heterocycles. The Labute approximate surface area is 102 Å². The highest BCUT2D eigenvalue weighted by Gasteiger charge is 2.02. The second-order valence-corrected chi connectivity index (χ2v) is 4.19. The molecule has 2 rings (SSSR count). The quantitative estimate of drug-likeness (QED) is 0.855. The number of rotatable bonds is 5. The van der Waals surface area contributed by atoms with E-state index >= 15 is 0 Å². The second-order valence-electron chi connectivity index (χ2n) is 4.19. The molecule has 0 heterocycles. The second kappa shape index (κ2) is 5.69. The van der Waals surface area contributed by atoms with Gasteiger partial charge in [0.2, 0.25) is 0 Å². The average molecular weight is 229 g/mol. The van der Waals surface area contributed by atoms with Gasteiger partial charge in [0.1, 0.15) is 5.75 Å². The summed E-state index contributed by atoms with van der Waals surface area (Å²) < 4.78 is 5.67. The van der Waals surface area contributed by atoms with Crippen molar-refractivity contribution >= 4 is 10.8 Å². The fourth-order valence-corrected chi connectivity index (χ4v) is 2.00. The van der Waals surface area contributed by atoms with E-state index in [1.54, 1.807) is 0 Å². The SMILES string of the molecule is CCCOc1ccc2cccc(CCN)c2c1. The molecular formula is C15H19NO. The van der Waals surface area contributed by atoms with E-state index in [9.17, 15) is 0 Å². The molecule has 2 aromatic rings. The molecule has 2 aromatic carbocycles. The van der Waals surface area contributed by atoms with Crippen LogP contribution in [0.1, 0.15) is 18.9 Å². The Morgan fingerprint density at radius 1 is 1.18 bits per heavy atom. The first kappa shape index (κ1) is 11.9. The van der Waals surface area contributed by atoms with E-state index < -0.39 is 0 Å². The first-order valence-corrected chi connectivity index (χ1v) is 6.19. The number of benzene rings is 2. The van der Waals surface area contributed by atoms with E-state index in [0.29, 0.717) is 6.54 Å². The molecule has 0 spiro atoms. The van der Waals surface area contributed by atoms with Crippen LogP contribution in [0.25, 0.3) is 10.8 Å². The van der Waals surface area contributed by atoms with Crippen molar-refractivity contribution in [3.63, 3.8) is 0 Å². The summed E-state index contributed by atoms with van der Waals surface area (Å²) in [5, 5.41) is 2.51. The number of fused-ring (bicyclic) bond motifs is 1. The van der Waals surface area contributed by atoms with Gasteiger partial charge in [0.25, 0.3) is 0 Å². The Morgan fingerprint density at radius 3 is 2.82 bits per heavy atom. The lowest BCUT2D eigenvalue weighted by Gasteiger charge is -2.09. The highest BCUT2D eigenvalue weighted by atomic mass is 16.5. The fraction of sp³-hybridized carbons (Fsp3) is 0.333. The minimum Gasteiger partial charge on any atom is -0.494 e. The molecule has 0 aliphatic rings. The maximum absolute atomic E-state index is 5.67. The summed E-state index contributed by atoms with van der Waals surface area (Å²) >= 11 is 0. The predicted octanol–water partition coefficient (Wildman–Crippen LogP) is 3.13. The van der Waals surface area contributed by atoms with Crippen molar-refractivity contribution in [2.24, 2.45) is 5.73 Å². The zero-order valence-electron chi connectivity index (χ0n) is 10.3. The van der Waals surface area contributed by atoms with Crippen molar-refractivity contribution in [1.29, 1.82) is 0 Å². The average Bonchev–Trinajstić information content (AvgIpc) is 2.37. The van der Waals surface area contributed by atoms with Gasteiger partial charge in [-0.25, -0.2) is 0 Å². The Morgan fingerprint density at radius 2 is 2.06 bits per heavy atom. The summed E-state index contributed by atoms with van der Waals surface area (Å²) in [6, 6.07) is 12.6. The molecule has 0 fully saturated rings. The lowest BCUT2D eigenvalue weighted by Crippen LogP contribution is -2.03. The summed E-state index contributed by atoms with van der Waals surface area (Å²) in [6.07, 6.45) is 1.94. The molecule has 0 aliphatic carbocycles. The molecule has 0 radical (unpaired) electrons. The predicted molar refractivity (Wildman–Crippen MR) is 72.5 cm³/mol. The van der Waals surface area contributed by atoms with Gasteiger partial charge in [0.15, 0.2) is 0 Å². The van der Waals surface area contributed by atoms with Crippen LogP contribution < -0.4 is 10.5 Å². The molecule has 0 bridgehead atoms. The third-order valence-electron chi connectivity index (χ3n) is 2.83. The van der Waals surface area contributed by atoms with Crippen LogP contribution in [0.3, 0.4) is 0 Å². The largest absolute Gasteiger partial charge is 0.494 e. The molecule has 2 heteroatoms. The van der Waals surface area contributed by atoms with Crippen molar-refractivity contribution in [2.75, 3.05) is 13.2 Å². The van der Waals surface area contributed by atoms with Gasteiger partial charge in [0.05, 0.1) is 6.61 Å². The molecule has 0 aromatic heterocycles. The topological polar surface area (TPSA) is 35.2 Å². The van der Waals surface area contributed by atoms with E-state index in [2.05, 4.69) is 37.3 Å². The van der Waals surface area contributed by atoms with Crippen LogP contribution in [0, 0.1) is 0 Å². The zero-order valence-corrected chi connectivity index (χ0v) is 10.3. The van der Waals surface area contributed by atoms with E-state index in [1.165, 1.54) is 16.3 Å². The van der Waals surface area contributed by atoms with Crippen molar-refractivity contribution in [3.05, 3.63) is 42.0 Å². The molecule has 0 unspecified atom stereocenters. The number of hydrogen-bond acceptors (Lipinski definition) is 2. The molecule has 90 valence electrons. The highest BCUT2D eigenvalue weighted by Crippen LogP contribution is 2.24. The monoisotopic (exact) mass is 229 g/mol. The minimum atomic E-state index is 0.680. The van der Waals surface area contributed by atoms with Gasteiger partial charge in [-0.15, -0.1) is 0 Å². The number of nitrogens with two attached hydrogens (primary N) is 1. The van der Waals surface area contributed by atoms with Crippen LogP contribution in [0.15, 0.2) is 36.4 Å². The highest BCUT2D eigenvalue weighted by molar-refractivity contribution is 5.87. The summed E-state index contributed by atoms with van der Waals surface area (Å²) in [4.78, 5) is 0. The van der Waals surface area contributed by atoms with Crippen LogP contribution >= 0.6 is 0 Å². The molecule has 0 saturated carbocycles. The van der Waals surface area contributed by atoms with Gasteiger partial charge in [-0.3, -0.25) is 0 Å².